The van der Waals surface area contributed by atoms with Crippen molar-refractivity contribution in [1.82, 2.24) is 9.47 Å². The molecule has 2 heterocycles. The second-order valence-electron chi connectivity index (χ2n) is 4.42. The van der Waals surface area contributed by atoms with Crippen LogP contribution in [-0.2, 0) is 13.5 Å². The average molecular weight is 276 g/mol. The van der Waals surface area contributed by atoms with Crippen LogP contribution in [0.5, 0.6) is 0 Å². The van der Waals surface area contributed by atoms with Gasteiger partial charge in [-0.2, -0.15) is 0 Å². The maximum Gasteiger partial charge on any atom is 0.253 e. The Balaban J connectivity index is 2.02. The summed E-state index contributed by atoms with van der Waals surface area (Å²) in [5.74, 6) is -0.116. The van der Waals surface area contributed by atoms with Gasteiger partial charge < -0.3 is 9.47 Å². The molecule has 0 aromatic carbocycles. The van der Waals surface area contributed by atoms with Crippen molar-refractivity contribution in [2.75, 3.05) is 13.6 Å². The van der Waals surface area contributed by atoms with Gasteiger partial charge in [0.2, 0.25) is 0 Å². The monoisotopic (exact) mass is 276 g/mol. The summed E-state index contributed by atoms with van der Waals surface area (Å²) in [5, 5.41) is 2.03. The Bertz CT molecular complexity index is 617. The largest absolute Gasteiger partial charge is 0.341 e. The summed E-state index contributed by atoms with van der Waals surface area (Å²) in [6, 6.07) is 7.11. The molecule has 4 nitrogen and oxygen atoms in total. The van der Waals surface area contributed by atoms with Gasteiger partial charge in [0.25, 0.3) is 11.5 Å². The van der Waals surface area contributed by atoms with Gasteiger partial charge in [0.15, 0.2) is 0 Å². The standard InChI is InChI=1S/C14H16N2O2S/c1-15-7-5-11(10-13(15)17)14(18)16(2)8-6-12-4-3-9-19-12/h3-5,7,9-10H,6,8H2,1-2H3. The number of carbonyl (C=O) groups is 1. The predicted molar refractivity (Wildman–Crippen MR) is 76.7 cm³/mol. The summed E-state index contributed by atoms with van der Waals surface area (Å²) in [7, 11) is 3.42. The molecule has 0 N–H and O–H groups in total. The number of aromatic nitrogens is 1. The Hall–Kier alpha value is -1.88. The van der Waals surface area contributed by atoms with E-state index in [0.717, 1.165) is 6.42 Å². The van der Waals surface area contributed by atoms with Crippen molar-refractivity contribution in [2.24, 2.45) is 7.05 Å². The first-order valence-corrected chi connectivity index (χ1v) is 6.90. The van der Waals surface area contributed by atoms with Crippen LogP contribution in [0.25, 0.3) is 0 Å². The maximum absolute atomic E-state index is 12.1. The Morgan fingerprint density at radius 3 is 2.84 bits per heavy atom. The third kappa shape index (κ3) is 3.32. The number of aryl methyl sites for hydroxylation is 1. The molecular weight excluding hydrogens is 260 g/mol. The van der Waals surface area contributed by atoms with E-state index in [1.165, 1.54) is 15.5 Å². The van der Waals surface area contributed by atoms with E-state index in [2.05, 4.69) is 6.07 Å². The second-order valence-corrected chi connectivity index (χ2v) is 5.45. The van der Waals surface area contributed by atoms with Crippen molar-refractivity contribution in [3.63, 3.8) is 0 Å². The minimum Gasteiger partial charge on any atom is -0.341 e. The highest BCUT2D eigenvalue weighted by molar-refractivity contribution is 7.09. The lowest BCUT2D eigenvalue weighted by molar-refractivity contribution is 0.0796. The third-order valence-corrected chi connectivity index (χ3v) is 3.91. The van der Waals surface area contributed by atoms with Crippen molar-refractivity contribution in [3.8, 4) is 0 Å². The average Bonchev–Trinajstić information content (AvgIpc) is 2.91. The van der Waals surface area contributed by atoms with Gasteiger partial charge in [0.1, 0.15) is 0 Å². The summed E-state index contributed by atoms with van der Waals surface area (Å²) in [6.45, 7) is 0.647. The molecule has 0 aliphatic carbocycles. The molecule has 0 aliphatic heterocycles. The molecule has 0 saturated heterocycles. The van der Waals surface area contributed by atoms with E-state index in [-0.39, 0.29) is 11.5 Å². The number of amides is 1. The Morgan fingerprint density at radius 2 is 2.21 bits per heavy atom. The second kappa shape index (κ2) is 5.84. The number of carbonyl (C=O) groups excluding carboxylic acids is 1. The maximum atomic E-state index is 12.1. The van der Waals surface area contributed by atoms with Crippen LogP contribution in [0.4, 0.5) is 0 Å². The van der Waals surface area contributed by atoms with Crippen LogP contribution in [0.2, 0.25) is 0 Å². The first kappa shape index (κ1) is 13.5. The fraction of sp³-hybridized carbons (Fsp3) is 0.286. The fourth-order valence-corrected chi connectivity index (χ4v) is 2.43. The van der Waals surface area contributed by atoms with Crippen molar-refractivity contribution >= 4 is 17.2 Å². The van der Waals surface area contributed by atoms with Crippen LogP contribution in [0, 0.1) is 0 Å². The van der Waals surface area contributed by atoms with Gasteiger partial charge in [-0.25, -0.2) is 0 Å². The van der Waals surface area contributed by atoms with E-state index in [4.69, 9.17) is 0 Å². The SMILES string of the molecule is CN(CCc1cccs1)C(=O)c1ccn(C)c(=O)c1. The molecule has 0 saturated carbocycles. The molecular formula is C14H16N2O2S. The van der Waals surface area contributed by atoms with Crippen molar-refractivity contribution in [1.29, 1.82) is 0 Å². The fourth-order valence-electron chi connectivity index (χ4n) is 1.74. The molecule has 0 unspecified atom stereocenters. The van der Waals surface area contributed by atoms with Gasteiger partial charge in [0, 0.05) is 43.3 Å². The van der Waals surface area contributed by atoms with Crippen molar-refractivity contribution < 1.29 is 4.79 Å². The van der Waals surface area contributed by atoms with E-state index in [1.54, 1.807) is 42.6 Å². The molecule has 0 aliphatic rings. The van der Waals surface area contributed by atoms with Crippen molar-refractivity contribution in [3.05, 3.63) is 56.6 Å². The highest BCUT2D eigenvalue weighted by Crippen LogP contribution is 2.10. The van der Waals surface area contributed by atoms with E-state index in [9.17, 15) is 9.59 Å². The van der Waals surface area contributed by atoms with Gasteiger partial charge in [-0.05, 0) is 23.9 Å². The predicted octanol–water partition coefficient (Wildman–Crippen LogP) is 1.76. The van der Waals surface area contributed by atoms with Crippen LogP contribution >= 0.6 is 11.3 Å². The Kier molecular flexibility index (Phi) is 4.16. The van der Waals surface area contributed by atoms with E-state index >= 15 is 0 Å². The zero-order valence-electron chi connectivity index (χ0n) is 11.0. The molecule has 0 fully saturated rings. The molecule has 1 amide bonds. The summed E-state index contributed by atoms with van der Waals surface area (Å²) in [5.41, 5.74) is 0.272. The minimum atomic E-state index is -0.169. The lowest BCUT2D eigenvalue weighted by Gasteiger charge is -2.16. The summed E-state index contributed by atoms with van der Waals surface area (Å²) in [6.07, 6.45) is 2.45. The number of likely N-dealkylation sites (N-methyl/N-ethyl adjacent to an activating group) is 1. The lowest BCUT2D eigenvalue weighted by Crippen LogP contribution is -2.30. The highest BCUT2D eigenvalue weighted by Gasteiger charge is 2.12. The van der Waals surface area contributed by atoms with E-state index in [0.29, 0.717) is 12.1 Å². The smallest absolute Gasteiger partial charge is 0.253 e. The van der Waals surface area contributed by atoms with E-state index in [1.807, 2.05) is 11.4 Å². The molecule has 5 heteroatoms. The summed E-state index contributed by atoms with van der Waals surface area (Å²) >= 11 is 1.69. The molecule has 100 valence electrons. The zero-order valence-corrected chi connectivity index (χ0v) is 11.8. The zero-order chi connectivity index (χ0) is 13.8. The van der Waals surface area contributed by atoms with Gasteiger partial charge in [-0.1, -0.05) is 6.07 Å². The molecule has 0 bridgehead atoms. The van der Waals surface area contributed by atoms with Crippen LogP contribution in [0.15, 0.2) is 40.6 Å². The molecule has 0 spiro atoms. The highest BCUT2D eigenvalue weighted by atomic mass is 32.1. The summed E-state index contributed by atoms with van der Waals surface area (Å²) in [4.78, 5) is 26.6. The number of thiophene rings is 1. The molecule has 19 heavy (non-hydrogen) atoms. The Morgan fingerprint density at radius 1 is 1.42 bits per heavy atom. The molecule has 2 aromatic heterocycles. The molecule has 2 aromatic rings. The quantitative estimate of drug-likeness (QED) is 0.854. The number of nitrogens with zero attached hydrogens (tertiary/aromatic N) is 2. The van der Waals surface area contributed by atoms with Crippen molar-refractivity contribution in [2.45, 2.75) is 6.42 Å². The van der Waals surface area contributed by atoms with Crippen LogP contribution in [-0.4, -0.2) is 29.0 Å². The van der Waals surface area contributed by atoms with Gasteiger partial charge >= 0.3 is 0 Å². The molecule has 2 rings (SSSR count). The molecule has 0 atom stereocenters. The number of hydrogen-bond acceptors (Lipinski definition) is 3. The van der Waals surface area contributed by atoms with E-state index < -0.39 is 0 Å². The van der Waals surface area contributed by atoms with Gasteiger partial charge in [-0.15, -0.1) is 11.3 Å². The number of rotatable bonds is 4. The lowest BCUT2D eigenvalue weighted by atomic mass is 10.2. The normalized spacial score (nSPS) is 10.4. The summed E-state index contributed by atoms with van der Waals surface area (Å²) < 4.78 is 1.45. The number of hydrogen-bond donors (Lipinski definition) is 0. The minimum absolute atomic E-state index is 0.116. The first-order chi connectivity index (χ1) is 9.08. The number of pyridine rings is 1. The van der Waals surface area contributed by atoms with Gasteiger partial charge in [0.05, 0.1) is 0 Å². The topological polar surface area (TPSA) is 42.3 Å². The first-order valence-electron chi connectivity index (χ1n) is 6.02. The molecule has 0 radical (unpaired) electrons. The Labute approximate surface area is 115 Å². The third-order valence-electron chi connectivity index (χ3n) is 2.97. The van der Waals surface area contributed by atoms with Crippen LogP contribution in [0.3, 0.4) is 0 Å². The van der Waals surface area contributed by atoms with Crippen LogP contribution in [0.1, 0.15) is 15.2 Å². The van der Waals surface area contributed by atoms with Gasteiger partial charge in [-0.3, -0.25) is 9.59 Å². The van der Waals surface area contributed by atoms with Crippen LogP contribution < -0.4 is 5.56 Å².